The lowest BCUT2D eigenvalue weighted by atomic mass is 9.96. The van der Waals surface area contributed by atoms with E-state index in [0.29, 0.717) is 6.42 Å². The summed E-state index contributed by atoms with van der Waals surface area (Å²) in [4.78, 5) is 18.6. The van der Waals surface area contributed by atoms with Gasteiger partial charge in [-0.25, -0.2) is 0 Å². The van der Waals surface area contributed by atoms with Crippen LogP contribution in [0.1, 0.15) is 43.2 Å². The van der Waals surface area contributed by atoms with E-state index in [-0.39, 0.29) is 5.91 Å². The van der Waals surface area contributed by atoms with Crippen molar-refractivity contribution in [3.63, 3.8) is 0 Å². The van der Waals surface area contributed by atoms with Gasteiger partial charge < -0.3 is 10.2 Å². The molecule has 0 aliphatic carbocycles. The lowest BCUT2D eigenvalue weighted by Crippen LogP contribution is -2.24. The van der Waals surface area contributed by atoms with Gasteiger partial charge in [-0.15, -0.1) is 0 Å². The van der Waals surface area contributed by atoms with Crippen molar-refractivity contribution >= 4 is 17.7 Å². The van der Waals surface area contributed by atoms with Crippen molar-refractivity contribution in [2.75, 3.05) is 19.8 Å². The van der Waals surface area contributed by atoms with Gasteiger partial charge in [0.1, 0.15) is 6.67 Å². The maximum absolute atomic E-state index is 12.2. The molecule has 1 amide bonds. The van der Waals surface area contributed by atoms with Crippen LogP contribution in [0.2, 0.25) is 0 Å². The Labute approximate surface area is 180 Å². The molecule has 0 radical (unpaired) electrons. The van der Waals surface area contributed by atoms with Gasteiger partial charge in [0, 0.05) is 31.9 Å². The molecular formula is C26H31N3O. The lowest BCUT2D eigenvalue weighted by molar-refractivity contribution is -0.121. The fourth-order valence-electron chi connectivity index (χ4n) is 3.48. The third kappa shape index (κ3) is 7.36. The van der Waals surface area contributed by atoms with Crippen LogP contribution < -0.4 is 5.32 Å². The van der Waals surface area contributed by atoms with Gasteiger partial charge in [-0.1, -0.05) is 66.7 Å². The van der Waals surface area contributed by atoms with E-state index in [4.69, 9.17) is 0 Å². The molecule has 0 saturated heterocycles. The molecule has 1 heterocycles. The number of unbranched alkanes of at least 4 members (excludes halogenated alkanes) is 2. The van der Waals surface area contributed by atoms with Crippen LogP contribution in [0.5, 0.6) is 0 Å². The second-order valence-corrected chi connectivity index (χ2v) is 7.43. The first kappa shape index (κ1) is 21.6. The van der Waals surface area contributed by atoms with E-state index in [2.05, 4.69) is 51.8 Å². The van der Waals surface area contributed by atoms with Gasteiger partial charge >= 0.3 is 0 Å². The van der Waals surface area contributed by atoms with Gasteiger partial charge in [0.05, 0.1) is 0 Å². The number of nitrogens with one attached hydrogen (secondary N) is 1. The quantitative estimate of drug-likeness (QED) is 0.536. The van der Waals surface area contributed by atoms with Crippen LogP contribution in [-0.2, 0) is 4.79 Å². The third-order valence-corrected chi connectivity index (χ3v) is 5.09. The Kier molecular flexibility index (Phi) is 8.93. The van der Waals surface area contributed by atoms with E-state index >= 15 is 0 Å². The van der Waals surface area contributed by atoms with E-state index < -0.39 is 0 Å². The number of allylic oxidation sites excluding steroid dienone is 2. The zero-order valence-electron chi connectivity index (χ0n) is 17.5. The summed E-state index contributed by atoms with van der Waals surface area (Å²) in [6.07, 6.45) is 12.6. The third-order valence-electron chi connectivity index (χ3n) is 5.09. The van der Waals surface area contributed by atoms with Crippen LogP contribution >= 0.6 is 0 Å². The summed E-state index contributed by atoms with van der Waals surface area (Å²) >= 11 is 0. The van der Waals surface area contributed by atoms with Crippen LogP contribution in [0.4, 0.5) is 0 Å². The number of aliphatic imine (C=N–C) groups is 1. The predicted molar refractivity (Wildman–Crippen MR) is 125 cm³/mol. The summed E-state index contributed by atoms with van der Waals surface area (Å²) in [5, 5.41) is 3.06. The van der Waals surface area contributed by atoms with Gasteiger partial charge in [-0.05, 0) is 48.5 Å². The normalized spacial score (nSPS) is 12.6. The van der Waals surface area contributed by atoms with Crippen molar-refractivity contribution in [1.82, 2.24) is 10.2 Å². The number of nitrogens with zero attached hydrogens (tertiary/aromatic N) is 2. The molecule has 0 bridgehead atoms. The molecule has 4 heteroatoms. The topological polar surface area (TPSA) is 44.7 Å². The number of carbonyl (C=O) groups excluding carboxylic acids is 1. The molecule has 0 saturated carbocycles. The van der Waals surface area contributed by atoms with Crippen LogP contribution in [0.15, 0.2) is 84.0 Å². The molecule has 0 aromatic heterocycles. The first-order valence-corrected chi connectivity index (χ1v) is 10.8. The Morgan fingerprint density at radius 1 is 0.967 bits per heavy atom. The molecule has 0 spiro atoms. The Morgan fingerprint density at radius 3 is 2.30 bits per heavy atom. The molecule has 4 nitrogen and oxygen atoms in total. The molecule has 3 rings (SSSR count). The predicted octanol–water partition coefficient (Wildman–Crippen LogP) is 5.04. The van der Waals surface area contributed by atoms with E-state index in [1.807, 2.05) is 48.7 Å². The average Bonchev–Trinajstić information content (AvgIpc) is 2.81. The first-order valence-electron chi connectivity index (χ1n) is 10.8. The molecule has 1 aliphatic rings. The number of carbonyl (C=O) groups is 1. The number of hydrogen-bond acceptors (Lipinski definition) is 3. The van der Waals surface area contributed by atoms with Gasteiger partial charge in [-0.3, -0.25) is 9.79 Å². The molecule has 1 N–H and O–H groups in total. The molecule has 2 aromatic rings. The van der Waals surface area contributed by atoms with Gasteiger partial charge in [-0.2, -0.15) is 0 Å². The maximum Gasteiger partial charge on any atom is 0.220 e. The molecule has 0 fully saturated rings. The minimum atomic E-state index is 0.125. The van der Waals surface area contributed by atoms with Crippen molar-refractivity contribution in [1.29, 1.82) is 0 Å². The highest BCUT2D eigenvalue weighted by Gasteiger charge is 2.06. The molecule has 1 aliphatic heterocycles. The average molecular weight is 402 g/mol. The van der Waals surface area contributed by atoms with Gasteiger partial charge in [0.15, 0.2) is 0 Å². The van der Waals surface area contributed by atoms with Crippen molar-refractivity contribution in [2.24, 2.45) is 4.99 Å². The molecule has 2 aromatic carbocycles. The highest BCUT2D eigenvalue weighted by molar-refractivity contribution is 5.81. The molecular weight excluding hydrogens is 370 g/mol. The van der Waals surface area contributed by atoms with Crippen molar-refractivity contribution in [3.05, 3.63) is 90.1 Å². The van der Waals surface area contributed by atoms with E-state index in [9.17, 15) is 4.79 Å². The first-order chi connectivity index (χ1) is 14.8. The minimum absolute atomic E-state index is 0.125. The molecule has 0 unspecified atom stereocenters. The number of rotatable bonds is 11. The summed E-state index contributed by atoms with van der Waals surface area (Å²) in [6.45, 7) is 2.53. The Hall–Kier alpha value is -3.14. The Morgan fingerprint density at radius 2 is 1.67 bits per heavy atom. The van der Waals surface area contributed by atoms with Crippen LogP contribution in [0.25, 0.3) is 5.57 Å². The summed E-state index contributed by atoms with van der Waals surface area (Å²) in [5.74, 6) is 0.125. The zero-order valence-corrected chi connectivity index (χ0v) is 17.5. The van der Waals surface area contributed by atoms with Crippen molar-refractivity contribution < 1.29 is 4.79 Å². The Balaban J connectivity index is 1.38. The fourth-order valence-corrected chi connectivity index (χ4v) is 3.48. The summed E-state index contributed by atoms with van der Waals surface area (Å²) in [6, 6.07) is 20.7. The SMILES string of the molecule is O=C(CCC=C(c1ccccc1)c1ccccc1)NCCCCCN1C=CC=NC1. The van der Waals surface area contributed by atoms with Gasteiger partial charge in [0.2, 0.25) is 5.91 Å². The monoisotopic (exact) mass is 401 g/mol. The van der Waals surface area contributed by atoms with Crippen LogP contribution in [0, 0.1) is 0 Å². The molecule has 156 valence electrons. The maximum atomic E-state index is 12.2. The highest BCUT2D eigenvalue weighted by atomic mass is 16.1. The Bertz CT molecular complexity index is 815. The lowest BCUT2D eigenvalue weighted by Gasteiger charge is -2.19. The van der Waals surface area contributed by atoms with E-state index in [1.165, 1.54) is 16.7 Å². The van der Waals surface area contributed by atoms with Gasteiger partial charge in [0.25, 0.3) is 0 Å². The van der Waals surface area contributed by atoms with Crippen molar-refractivity contribution in [2.45, 2.75) is 32.1 Å². The second-order valence-electron chi connectivity index (χ2n) is 7.43. The highest BCUT2D eigenvalue weighted by Crippen LogP contribution is 2.23. The number of hydrogen-bond donors (Lipinski definition) is 1. The second kappa shape index (κ2) is 12.4. The summed E-state index contributed by atoms with van der Waals surface area (Å²) in [5.41, 5.74) is 3.54. The summed E-state index contributed by atoms with van der Waals surface area (Å²) < 4.78 is 0. The molecule has 30 heavy (non-hydrogen) atoms. The molecule has 0 atom stereocenters. The van der Waals surface area contributed by atoms with Crippen molar-refractivity contribution in [3.8, 4) is 0 Å². The summed E-state index contributed by atoms with van der Waals surface area (Å²) in [7, 11) is 0. The standard InChI is InChI=1S/C26H31N3O/c30-26(28-19-8-3-9-20-29-21-11-18-27-22-29)17-10-16-25(23-12-4-1-5-13-23)24-14-6-2-7-15-24/h1-2,4-7,11-16,18,21H,3,8-10,17,19-20,22H2,(H,28,30). The number of amides is 1. The largest absolute Gasteiger partial charge is 0.358 e. The fraction of sp³-hybridized carbons (Fsp3) is 0.308. The van der Waals surface area contributed by atoms with Crippen LogP contribution in [0.3, 0.4) is 0 Å². The van der Waals surface area contributed by atoms with E-state index in [0.717, 1.165) is 45.4 Å². The smallest absolute Gasteiger partial charge is 0.220 e. The zero-order chi connectivity index (χ0) is 20.9. The number of benzene rings is 2. The van der Waals surface area contributed by atoms with E-state index in [1.54, 1.807) is 0 Å². The minimum Gasteiger partial charge on any atom is -0.358 e. The van der Waals surface area contributed by atoms with Crippen LogP contribution in [-0.4, -0.2) is 36.8 Å².